The summed E-state index contributed by atoms with van der Waals surface area (Å²) in [4.78, 5) is 11.5. The first kappa shape index (κ1) is 15.9. The first-order valence-corrected chi connectivity index (χ1v) is 6.54. The molecule has 0 fully saturated rings. The molecule has 116 valence electrons. The van der Waals surface area contributed by atoms with Crippen LogP contribution in [0.1, 0.15) is 5.56 Å². The highest BCUT2D eigenvalue weighted by Crippen LogP contribution is 2.30. The van der Waals surface area contributed by atoms with E-state index in [-0.39, 0.29) is 18.1 Å². The predicted molar refractivity (Wildman–Crippen MR) is 76.3 cm³/mol. The molecule has 0 atom stereocenters. The van der Waals surface area contributed by atoms with Gasteiger partial charge >= 0.3 is 6.36 Å². The van der Waals surface area contributed by atoms with Crippen LogP contribution in [0.2, 0.25) is 0 Å². The summed E-state index contributed by atoms with van der Waals surface area (Å²) in [5, 5.41) is 2.52. The molecule has 0 aliphatic heterocycles. The van der Waals surface area contributed by atoms with Crippen LogP contribution in [-0.4, -0.2) is 19.3 Å². The summed E-state index contributed by atoms with van der Waals surface area (Å²) in [6.45, 7) is 0. The van der Waals surface area contributed by atoms with Gasteiger partial charge in [-0.25, -0.2) is 0 Å². The summed E-state index contributed by atoms with van der Waals surface area (Å²) in [5.74, 6) is -0.463. The van der Waals surface area contributed by atoms with Gasteiger partial charge in [0.05, 0.1) is 6.42 Å². The fourth-order valence-electron chi connectivity index (χ4n) is 2.08. The van der Waals surface area contributed by atoms with E-state index in [1.807, 2.05) is 0 Å². The van der Waals surface area contributed by atoms with Crippen molar-refractivity contribution in [2.24, 2.45) is 0 Å². The summed E-state index contributed by atoms with van der Waals surface area (Å²) >= 11 is 0. The predicted octanol–water partition coefficient (Wildman–Crippen LogP) is 3.54. The second-order valence-electron chi connectivity index (χ2n) is 4.58. The maximum atomic E-state index is 12.3. The lowest BCUT2D eigenvalue weighted by molar-refractivity contribution is -0.274. The van der Waals surface area contributed by atoms with Crippen LogP contribution >= 0.6 is 0 Å². The number of benzene rings is 2. The highest BCUT2D eigenvalue weighted by molar-refractivity contribution is 5.81. The van der Waals surface area contributed by atoms with Crippen molar-refractivity contribution in [3.05, 3.63) is 54.1 Å². The van der Waals surface area contributed by atoms with E-state index in [0.717, 1.165) is 5.56 Å². The summed E-state index contributed by atoms with van der Waals surface area (Å²) < 4.78 is 40.8. The third kappa shape index (κ3) is 4.25. The first-order chi connectivity index (χ1) is 10.4. The number of halogens is 3. The molecule has 0 aliphatic rings. The van der Waals surface area contributed by atoms with Crippen molar-refractivity contribution in [3.63, 3.8) is 0 Å². The molecular formula is C16H14F3NO2. The molecule has 2 aromatic rings. The Hall–Kier alpha value is -2.50. The molecule has 1 N–H and O–H groups in total. The van der Waals surface area contributed by atoms with Gasteiger partial charge in [0.2, 0.25) is 5.91 Å². The normalized spacial score (nSPS) is 11.1. The summed E-state index contributed by atoms with van der Waals surface area (Å²) in [7, 11) is 1.53. The number of hydrogen-bond acceptors (Lipinski definition) is 2. The van der Waals surface area contributed by atoms with Crippen LogP contribution in [-0.2, 0) is 11.2 Å². The third-order valence-corrected chi connectivity index (χ3v) is 3.03. The molecule has 0 aliphatic carbocycles. The lowest BCUT2D eigenvalue weighted by Crippen LogP contribution is -2.20. The minimum Gasteiger partial charge on any atom is -0.406 e. The minimum absolute atomic E-state index is 0.150. The molecule has 0 radical (unpaired) electrons. The van der Waals surface area contributed by atoms with Gasteiger partial charge in [0.1, 0.15) is 5.75 Å². The molecule has 0 saturated heterocycles. The zero-order chi connectivity index (χ0) is 16.2. The zero-order valence-electron chi connectivity index (χ0n) is 11.8. The van der Waals surface area contributed by atoms with Gasteiger partial charge in [0, 0.05) is 7.05 Å². The Balaban J connectivity index is 2.36. The number of carbonyl (C=O) groups excluding carboxylic acids is 1. The maximum absolute atomic E-state index is 12.3. The number of nitrogens with one attached hydrogen (secondary N) is 1. The molecule has 22 heavy (non-hydrogen) atoms. The van der Waals surface area contributed by atoms with E-state index < -0.39 is 6.36 Å². The first-order valence-electron chi connectivity index (χ1n) is 6.54. The van der Waals surface area contributed by atoms with Crippen molar-refractivity contribution in [1.29, 1.82) is 0 Å². The average molecular weight is 309 g/mol. The number of likely N-dealkylation sites (N-methyl/N-ethyl adjacent to an activating group) is 1. The van der Waals surface area contributed by atoms with Gasteiger partial charge in [0.25, 0.3) is 0 Å². The largest absolute Gasteiger partial charge is 0.573 e. The fraction of sp³-hybridized carbons (Fsp3) is 0.188. The van der Waals surface area contributed by atoms with E-state index in [1.165, 1.54) is 25.2 Å². The van der Waals surface area contributed by atoms with Crippen molar-refractivity contribution >= 4 is 5.91 Å². The molecule has 1 amide bonds. The summed E-state index contributed by atoms with van der Waals surface area (Å²) in [6.07, 6.45) is -4.59. The Kier molecular flexibility index (Phi) is 4.70. The summed E-state index contributed by atoms with van der Waals surface area (Å²) in [6, 6.07) is 12.7. The van der Waals surface area contributed by atoms with Crippen LogP contribution in [0.4, 0.5) is 13.2 Å². The second kappa shape index (κ2) is 6.51. The average Bonchev–Trinajstić information content (AvgIpc) is 2.46. The number of carbonyl (C=O) groups is 1. The van der Waals surface area contributed by atoms with E-state index in [4.69, 9.17) is 0 Å². The Morgan fingerprint density at radius 3 is 2.55 bits per heavy atom. The quantitative estimate of drug-likeness (QED) is 0.938. The lowest BCUT2D eigenvalue weighted by atomic mass is 9.97. The van der Waals surface area contributed by atoms with Crippen molar-refractivity contribution in [3.8, 4) is 16.9 Å². The Bertz CT molecular complexity index is 668. The highest BCUT2D eigenvalue weighted by Gasteiger charge is 2.31. The van der Waals surface area contributed by atoms with E-state index in [9.17, 15) is 18.0 Å². The molecule has 0 saturated carbocycles. The molecule has 0 aromatic heterocycles. The van der Waals surface area contributed by atoms with E-state index in [1.54, 1.807) is 30.3 Å². The zero-order valence-corrected chi connectivity index (χ0v) is 11.8. The van der Waals surface area contributed by atoms with E-state index in [0.29, 0.717) is 11.1 Å². The molecular weight excluding hydrogens is 295 g/mol. The Labute approximate surface area is 125 Å². The fourth-order valence-corrected chi connectivity index (χ4v) is 2.08. The topological polar surface area (TPSA) is 38.3 Å². The van der Waals surface area contributed by atoms with Gasteiger partial charge < -0.3 is 10.1 Å². The second-order valence-corrected chi connectivity index (χ2v) is 4.58. The van der Waals surface area contributed by atoms with Crippen LogP contribution in [0.15, 0.2) is 48.5 Å². The van der Waals surface area contributed by atoms with Gasteiger partial charge in [-0.3, -0.25) is 4.79 Å². The molecule has 0 bridgehead atoms. The van der Waals surface area contributed by atoms with Crippen molar-refractivity contribution in [1.82, 2.24) is 5.32 Å². The maximum Gasteiger partial charge on any atom is 0.573 e. The van der Waals surface area contributed by atoms with Crippen LogP contribution in [0, 0.1) is 0 Å². The number of hydrogen-bond donors (Lipinski definition) is 1. The Morgan fingerprint density at radius 1 is 1.14 bits per heavy atom. The molecule has 0 spiro atoms. The van der Waals surface area contributed by atoms with Gasteiger partial charge in [0.15, 0.2) is 0 Å². The van der Waals surface area contributed by atoms with E-state index >= 15 is 0 Å². The minimum atomic E-state index is -4.74. The van der Waals surface area contributed by atoms with Gasteiger partial charge in [-0.1, -0.05) is 36.4 Å². The van der Waals surface area contributed by atoms with Crippen molar-refractivity contribution in [2.75, 3.05) is 7.05 Å². The van der Waals surface area contributed by atoms with Crippen molar-refractivity contribution in [2.45, 2.75) is 12.8 Å². The standard InChI is InChI=1S/C16H14F3NO2/c1-20-15(21)10-12-5-2-3-8-14(12)11-6-4-7-13(9-11)22-16(17,18)19/h2-9H,10H2,1H3,(H,20,21). The van der Waals surface area contributed by atoms with Gasteiger partial charge in [-0.2, -0.15) is 0 Å². The van der Waals surface area contributed by atoms with E-state index in [2.05, 4.69) is 10.1 Å². The number of ether oxygens (including phenoxy) is 1. The lowest BCUT2D eigenvalue weighted by Gasteiger charge is -2.12. The molecule has 0 heterocycles. The smallest absolute Gasteiger partial charge is 0.406 e. The molecule has 2 aromatic carbocycles. The molecule has 2 rings (SSSR count). The van der Waals surface area contributed by atoms with Crippen LogP contribution < -0.4 is 10.1 Å². The Morgan fingerprint density at radius 2 is 1.86 bits per heavy atom. The van der Waals surface area contributed by atoms with Gasteiger partial charge in [-0.15, -0.1) is 13.2 Å². The van der Waals surface area contributed by atoms with Crippen molar-refractivity contribution < 1.29 is 22.7 Å². The number of amides is 1. The third-order valence-electron chi connectivity index (χ3n) is 3.03. The molecule has 0 unspecified atom stereocenters. The number of alkyl halides is 3. The van der Waals surface area contributed by atoms with Crippen LogP contribution in [0.5, 0.6) is 5.75 Å². The van der Waals surface area contributed by atoms with Crippen LogP contribution in [0.3, 0.4) is 0 Å². The molecule has 3 nitrogen and oxygen atoms in total. The molecule has 6 heteroatoms. The number of rotatable bonds is 4. The highest BCUT2D eigenvalue weighted by atomic mass is 19.4. The SMILES string of the molecule is CNC(=O)Cc1ccccc1-c1cccc(OC(F)(F)F)c1. The van der Waals surface area contributed by atoms with Crippen LogP contribution in [0.25, 0.3) is 11.1 Å². The van der Waals surface area contributed by atoms with Gasteiger partial charge in [-0.05, 0) is 28.8 Å². The monoisotopic (exact) mass is 309 g/mol. The summed E-state index contributed by atoms with van der Waals surface area (Å²) in [5.41, 5.74) is 1.98.